The molecule has 1 fully saturated rings. The quantitative estimate of drug-likeness (QED) is 0.887. The molecule has 1 aromatic carbocycles. The van der Waals surface area contributed by atoms with E-state index in [4.69, 9.17) is 0 Å². The molecule has 1 aromatic rings. The number of anilines is 1. The molecule has 1 N–H and O–H groups in total. The lowest BCUT2D eigenvalue weighted by atomic mass is 10.1. The van der Waals surface area contributed by atoms with Crippen LogP contribution in [0.2, 0.25) is 0 Å². The van der Waals surface area contributed by atoms with Crippen LogP contribution in [0.3, 0.4) is 0 Å². The molecule has 1 heterocycles. The summed E-state index contributed by atoms with van der Waals surface area (Å²) in [5.41, 5.74) is 1.18. The highest BCUT2D eigenvalue weighted by Crippen LogP contribution is 2.24. The monoisotopic (exact) mass is 250 g/mol. The van der Waals surface area contributed by atoms with Gasteiger partial charge in [0, 0.05) is 30.9 Å². The molecular weight excluding hydrogens is 227 g/mol. The molecule has 0 spiro atoms. The van der Waals surface area contributed by atoms with Crippen molar-refractivity contribution in [3.8, 4) is 0 Å². The van der Waals surface area contributed by atoms with Crippen molar-refractivity contribution in [1.82, 2.24) is 5.32 Å². The van der Waals surface area contributed by atoms with Crippen LogP contribution in [0.1, 0.15) is 27.2 Å². The third-order valence-corrected chi connectivity index (χ3v) is 3.38. The van der Waals surface area contributed by atoms with E-state index in [-0.39, 0.29) is 11.4 Å². The zero-order valence-corrected chi connectivity index (χ0v) is 11.5. The predicted molar refractivity (Wildman–Crippen MR) is 74.5 cm³/mol. The summed E-state index contributed by atoms with van der Waals surface area (Å²) >= 11 is 0. The summed E-state index contributed by atoms with van der Waals surface area (Å²) in [6.07, 6.45) is 1.18. The molecule has 0 radical (unpaired) electrons. The number of nitrogens with one attached hydrogen (secondary N) is 1. The van der Waals surface area contributed by atoms with E-state index in [0.29, 0.717) is 5.92 Å². The van der Waals surface area contributed by atoms with Crippen molar-refractivity contribution in [1.29, 1.82) is 0 Å². The maximum atomic E-state index is 13.2. The third kappa shape index (κ3) is 3.70. The summed E-state index contributed by atoms with van der Waals surface area (Å²) in [6, 6.07) is 6.89. The normalized spacial score (nSPS) is 20.4. The highest BCUT2D eigenvalue weighted by atomic mass is 19.1. The van der Waals surface area contributed by atoms with Crippen LogP contribution in [0.25, 0.3) is 0 Å². The van der Waals surface area contributed by atoms with Gasteiger partial charge in [0.05, 0.1) is 0 Å². The van der Waals surface area contributed by atoms with Gasteiger partial charge >= 0.3 is 0 Å². The molecule has 0 amide bonds. The molecule has 18 heavy (non-hydrogen) atoms. The lowest BCUT2D eigenvalue weighted by Crippen LogP contribution is -2.39. The Morgan fingerprint density at radius 1 is 1.39 bits per heavy atom. The van der Waals surface area contributed by atoms with Crippen molar-refractivity contribution in [3.05, 3.63) is 30.1 Å². The fraction of sp³-hybridized carbons (Fsp3) is 0.600. The highest BCUT2D eigenvalue weighted by Gasteiger charge is 2.24. The highest BCUT2D eigenvalue weighted by molar-refractivity contribution is 5.47. The molecule has 0 saturated carbocycles. The molecule has 1 unspecified atom stereocenters. The second-order valence-corrected chi connectivity index (χ2v) is 6.21. The fourth-order valence-corrected chi connectivity index (χ4v) is 2.36. The first-order chi connectivity index (χ1) is 8.44. The van der Waals surface area contributed by atoms with Crippen molar-refractivity contribution >= 4 is 5.69 Å². The van der Waals surface area contributed by atoms with E-state index in [1.54, 1.807) is 12.1 Å². The summed E-state index contributed by atoms with van der Waals surface area (Å²) in [5, 5.41) is 3.55. The lowest BCUT2D eigenvalue weighted by Gasteiger charge is -2.24. The van der Waals surface area contributed by atoms with Crippen LogP contribution in [-0.2, 0) is 0 Å². The number of hydrogen-bond donors (Lipinski definition) is 1. The first-order valence-electron chi connectivity index (χ1n) is 6.69. The number of rotatable bonds is 3. The Morgan fingerprint density at radius 3 is 2.83 bits per heavy atom. The number of nitrogens with zero attached hydrogens (tertiary/aromatic N) is 1. The second-order valence-electron chi connectivity index (χ2n) is 6.21. The molecule has 3 heteroatoms. The van der Waals surface area contributed by atoms with Gasteiger partial charge in [-0.3, -0.25) is 0 Å². The molecule has 2 rings (SSSR count). The van der Waals surface area contributed by atoms with Gasteiger partial charge in [-0.05, 0) is 51.3 Å². The predicted octanol–water partition coefficient (Wildman–Crippen LogP) is 3.04. The number of halogens is 1. The SMILES string of the molecule is CC(C)(C)NCC1CCN(c2cccc(F)c2)C1. The Morgan fingerprint density at radius 2 is 2.17 bits per heavy atom. The van der Waals surface area contributed by atoms with Crippen molar-refractivity contribution in [2.24, 2.45) is 5.92 Å². The Hall–Kier alpha value is -1.09. The van der Waals surface area contributed by atoms with Crippen LogP contribution in [0.15, 0.2) is 24.3 Å². The molecule has 0 bridgehead atoms. The van der Waals surface area contributed by atoms with Crippen molar-refractivity contribution in [3.63, 3.8) is 0 Å². The number of hydrogen-bond acceptors (Lipinski definition) is 2. The van der Waals surface area contributed by atoms with Crippen molar-refractivity contribution < 1.29 is 4.39 Å². The van der Waals surface area contributed by atoms with Gasteiger partial charge < -0.3 is 10.2 Å². The summed E-state index contributed by atoms with van der Waals surface area (Å²) in [7, 11) is 0. The largest absolute Gasteiger partial charge is 0.371 e. The first kappa shape index (κ1) is 13.3. The molecule has 1 saturated heterocycles. The van der Waals surface area contributed by atoms with E-state index >= 15 is 0 Å². The van der Waals surface area contributed by atoms with Gasteiger partial charge in [-0.1, -0.05) is 6.07 Å². The summed E-state index contributed by atoms with van der Waals surface area (Å²) in [5.74, 6) is 0.510. The van der Waals surface area contributed by atoms with E-state index in [1.165, 1.54) is 12.5 Å². The van der Waals surface area contributed by atoms with Crippen LogP contribution in [0, 0.1) is 11.7 Å². The van der Waals surface area contributed by atoms with Gasteiger partial charge in [0.15, 0.2) is 0 Å². The summed E-state index contributed by atoms with van der Waals surface area (Å²) in [6.45, 7) is 9.65. The van der Waals surface area contributed by atoms with Gasteiger partial charge in [-0.15, -0.1) is 0 Å². The van der Waals surface area contributed by atoms with Gasteiger partial charge in [-0.2, -0.15) is 0 Å². The van der Waals surface area contributed by atoms with Gasteiger partial charge in [-0.25, -0.2) is 4.39 Å². The van der Waals surface area contributed by atoms with E-state index in [1.807, 2.05) is 6.07 Å². The fourth-order valence-electron chi connectivity index (χ4n) is 2.36. The molecule has 1 atom stereocenters. The van der Waals surface area contributed by atoms with Gasteiger partial charge in [0.25, 0.3) is 0 Å². The number of benzene rings is 1. The van der Waals surface area contributed by atoms with Crippen LogP contribution < -0.4 is 10.2 Å². The molecule has 0 aromatic heterocycles. The minimum absolute atomic E-state index is 0.149. The minimum Gasteiger partial charge on any atom is -0.371 e. The van der Waals surface area contributed by atoms with E-state index in [0.717, 1.165) is 25.3 Å². The molecule has 2 nitrogen and oxygen atoms in total. The van der Waals surface area contributed by atoms with Gasteiger partial charge in [0.1, 0.15) is 5.82 Å². The minimum atomic E-state index is -0.149. The Balaban J connectivity index is 1.89. The molecule has 1 aliphatic rings. The van der Waals surface area contributed by atoms with E-state index in [9.17, 15) is 4.39 Å². The van der Waals surface area contributed by atoms with Crippen molar-refractivity contribution in [2.45, 2.75) is 32.7 Å². The van der Waals surface area contributed by atoms with Crippen LogP contribution in [0.4, 0.5) is 10.1 Å². The van der Waals surface area contributed by atoms with E-state index in [2.05, 4.69) is 31.0 Å². The second kappa shape index (κ2) is 5.27. The molecule has 0 aliphatic carbocycles. The maximum absolute atomic E-state index is 13.2. The first-order valence-corrected chi connectivity index (χ1v) is 6.69. The summed E-state index contributed by atoms with van der Waals surface area (Å²) in [4.78, 5) is 2.28. The average Bonchev–Trinajstić information content (AvgIpc) is 2.74. The smallest absolute Gasteiger partial charge is 0.125 e. The molecular formula is C15H23FN2. The average molecular weight is 250 g/mol. The van der Waals surface area contributed by atoms with E-state index < -0.39 is 0 Å². The maximum Gasteiger partial charge on any atom is 0.125 e. The molecule has 100 valence electrons. The van der Waals surface area contributed by atoms with Gasteiger partial charge in [0.2, 0.25) is 0 Å². The van der Waals surface area contributed by atoms with Crippen LogP contribution >= 0.6 is 0 Å². The topological polar surface area (TPSA) is 15.3 Å². The molecule has 1 aliphatic heterocycles. The van der Waals surface area contributed by atoms with Crippen LogP contribution in [0.5, 0.6) is 0 Å². The Bertz CT molecular complexity index is 398. The summed E-state index contributed by atoms with van der Waals surface area (Å²) < 4.78 is 13.2. The Kier molecular flexibility index (Phi) is 3.91. The zero-order valence-electron chi connectivity index (χ0n) is 11.5. The Labute approximate surface area is 109 Å². The standard InChI is InChI=1S/C15H23FN2/c1-15(2,3)17-10-12-7-8-18(11-12)14-6-4-5-13(16)9-14/h4-6,9,12,17H,7-8,10-11H2,1-3H3. The third-order valence-electron chi connectivity index (χ3n) is 3.38. The lowest BCUT2D eigenvalue weighted by molar-refractivity contribution is 0.383. The van der Waals surface area contributed by atoms with Crippen molar-refractivity contribution in [2.75, 3.05) is 24.5 Å². The zero-order chi connectivity index (χ0) is 13.2. The van der Waals surface area contributed by atoms with Crippen LogP contribution in [-0.4, -0.2) is 25.2 Å².